The first-order valence-corrected chi connectivity index (χ1v) is 7.65. The molecule has 0 saturated carbocycles. The Morgan fingerprint density at radius 1 is 1.33 bits per heavy atom. The van der Waals surface area contributed by atoms with Crippen LogP contribution in [0, 0.1) is 18.8 Å². The zero-order valence-corrected chi connectivity index (χ0v) is 13.5. The van der Waals surface area contributed by atoms with Gasteiger partial charge in [-0.1, -0.05) is 41.1 Å². The fourth-order valence-electron chi connectivity index (χ4n) is 1.61. The van der Waals surface area contributed by atoms with E-state index in [4.69, 9.17) is 28.9 Å². The van der Waals surface area contributed by atoms with Crippen molar-refractivity contribution in [3.05, 3.63) is 49.6 Å². The molecule has 21 heavy (non-hydrogen) atoms. The summed E-state index contributed by atoms with van der Waals surface area (Å²) in [6, 6.07) is 6.98. The molecule has 3 nitrogen and oxygen atoms in total. The van der Waals surface area contributed by atoms with Crippen molar-refractivity contribution >= 4 is 46.1 Å². The zero-order chi connectivity index (χ0) is 15.4. The summed E-state index contributed by atoms with van der Waals surface area (Å²) in [6.07, 6.45) is 0. The molecule has 6 heteroatoms. The summed E-state index contributed by atoms with van der Waals surface area (Å²) < 4.78 is 0. The summed E-state index contributed by atoms with van der Waals surface area (Å²) in [5, 5.41) is 3.58. The van der Waals surface area contributed by atoms with Crippen molar-refractivity contribution in [3.63, 3.8) is 0 Å². The van der Waals surface area contributed by atoms with Crippen molar-refractivity contribution in [3.8, 4) is 11.8 Å². The van der Waals surface area contributed by atoms with Gasteiger partial charge in [-0.05, 0) is 30.7 Å². The molecule has 0 spiro atoms. The number of rotatable bonds is 2. The third kappa shape index (κ3) is 3.78. The Morgan fingerprint density at radius 2 is 2.10 bits per heavy atom. The van der Waals surface area contributed by atoms with Crippen LogP contribution in [0.1, 0.15) is 20.1 Å². The van der Waals surface area contributed by atoms with Crippen molar-refractivity contribution in [2.75, 3.05) is 11.9 Å². The van der Waals surface area contributed by atoms with Gasteiger partial charge >= 0.3 is 0 Å². The topological polar surface area (TPSA) is 55.1 Å². The molecule has 0 bridgehead atoms. The molecular weight excluding hydrogens is 327 g/mol. The van der Waals surface area contributed by atoms with Crippen molar-refractivity contribution < 1.29 is 4.79 Å². The molecule has 1 heterocycles. The van der Waals surface area contributed by atoms with Crippen molar-refractivity contribution in [2.24, 2.45) is 5.73 Å². The third-order valence-electron chi connectivity index (χ3n) is 2.67. The Balaban J connectivity index is 2.22. The minimum absolute atomic E-state index is 0.268. The quantitative estimate of drug-likeness (QED) is 0.815. The number of anilines is 1. The van der Waals surface area contributed by atoms with Crippen molar-refractivity contribution in [1.82, 2.24) is 0 Å². The number of hydrogen-bond acceptors (Lipinski definition) is 3. The lowest BCUT2D eigenvalue weighted by atomic mass is 10.2. The van der Waals surface area contributed by atoms with Crippen LogP contribution >= 0.6 is 34.5 Å². The van der Waals surface area contributed by atoms with E-state index in [0.717, 1.165) is 10.4 Å². The molecule has 0 aliphatic heterocycles. The first-order valence-electron chi connectivity index (χ1n) is 6.07. The van der Waals surface area contributed by atoms with Crippen molar-refractivity contribution in [1.29, 1.82) is 0 Å². The molecule has 0 unspecified atom stereocenters. The van der Waals surface area contributed by atoms with Crippen LogP contribution in [0.5, 0.6) is 0 Å². The maximum Gasteiger partial charge on any atom is 0.265 e. The number of halogens is 2. The largest absolute Gasteiger partial charge is 0.320 e. The van der Waals surface area contributed by atoms with E-state index in [1.807, 2.05) is 6.92 Å². The van der Waals surface area contributed by atoms with E-state index >= 15 is 0 Å². The zero-order valence-electron chi connectivity index (χ0n) is 11.2. The van der Waals surface area contributed by atoms with Gasteiger partial charge in [-0.2, -0.15) is 0 Å². The van der Waals surface area contributed by atoms with E-state index in [-0.39, 0.29) is 12.5 Å². The van der Waals surface area contributed by atoms with Gasteiger partial charge < -0.3 is 11.1 Å². The molecule has 2 aromatic rings. The second-order valence-electron chi connectivity index (χ2n) is 4.18. The average Bonchev–Trinajstić information content (AvgIpc) is 2.94. The maximum atomic E-state index is 12.2. The summed E-state index contributed by atoms with van der Waals surface area (Å²) in [5.41, 5.74) is 6.58. The summed E-state index contributed by atoms with van der Waals surface area (Å²) >= 11 is 13.5. The standard InChI is InChI=1S/C15H12Cl2N2OS/c1-9-4-6-11(16)14(13(9)17)19-15(20)12-7-5-10(21-12)3-2-8-18/h4-7H,8,18H2,1H3,(H,19,20). The number of hydrogen-bond donors (Lipinski definition) is 2. The van der Waals surface area contributed by atoms with E-state index < -0.39 is 0 Å². The molecular formula is C15H12Cl2N2OS. The number of carbonyl (C=O) groups is 1. The molecule has 3 N–H and O–H groups in total. The average molecular weight is 339 g/mol. The van der Waals surface area contributed by atoms with Gasteiger partial charge in [0.15, 0.2) is 0 Å². The third-order valence-corrected chi connectivity index (χ3v) is 4.47. The molecule has 0 atom stereocenters. The van der Waals surface area contributed by atoms with Crippen LogP contribution in [-0.2, 0) is 0 Å². The smallest absolute Gasteiger partial charge is 0.265 e. The van der Waals surface area contributed by atoms with Crippen LogP contribution in [0.3, 0.4) is 0 Å². The summed E-state index contributed by atoms with van der Waals surface area (Å²) in [4.78, 5) is 13.5. The Labute approximate surface area is 137 Å². The van der Waals surface area contributed by atoms with Gasteiger partial charge in [-0.25, -0.2) is 0 Å². The Hall–Kier alpha value is -1.51. The predicted octanol–water partition coefficient (Wildman–Crippen LogP) is 3.93. The van der Waals surface area contributed by atoms with E-state index in [0.29, 0.717) is 20.6 Å². The molecule has 0 fully saturated rings. The van der Waals surface area contributed by atoms with Gasteiger partial charge in [0.2, 0.25) is 0 Å². The second kappa shape index (κ2) is 6.97. The molecule has 2 rings (SSSR count). The molecule has 1 amide bonds. The molecule has 0 aliphatic rings. The van der Waals surface area contributed by atoms with Crippen LogP contribution < -0.4 is 11.1 Å². The van der Waals surface area contributed by atoms with Gasteiger partial charge in [0.05, 0.1) is 32.0 Å². The lowest BCUT2D eigenvalue weighted by molar-refractivity contribution is 0.103. The van der Waals surface area contributed by atoms with Crippen molar-refractivity contribution in [2.45, 2.75) is 6.92 Å². The Morgan fingerprint density at radius 3 is 2.81 bits per heavy atom. The van der Waals surface area contributed by atoms with Gasteiger partial charge in [0.1, 0.15) is 0 Å². The maximum absolute atomic E-state index is 12.2. The summed E-state index contributed by atoms with van der Waals surface area (Å²) in [5.74, 6) is 5.36. The minimum atomic E-state index is -0.268. The first kappa shape index (κ1) is 15.9. The van der Waals surface area contributed by atoms with Crippen LogP contribution in [-0.4, -0.2) is 12.5 Å². The monoisotopic (exact) mass is 338 g/mol. The summed E-state index contributed by atoms with van der Waals surface area (Å²) in [7, 11) is 0. The fourth-order valence-corrected chi connectivity index (χ4v) is 2.85. The number of benzene rings is 1. The Bertz CT molecular complexity index is 744. The highest BCUT2D eigenvalue weighted by molar-refractivity contribution is 7.14. The van der Waals surface area contributed by atoms with E-state index in [2.05, 4.69) is 17.2 Å². The lowest BCUT2D eigenvalue weighted by Gasteiger charge is -2.10. The Kier molecular flexibility index (Phi) is 5.27. The van der Waals surface area contributed by atoms with Crippen LogP contribution in [0.4, 0.5) is 5.69 Å². The molecule has 108 valence electrons. The fraction of sp³-hybridized carbons (Fsp3) is 0.133. The van der Waals surface area contributed by atoms with Crippen LogP contribution in [0.2, 0.25) is 10.0 Å². The predicted molar refractivity (Wildman–Crippen MR) is 89.4 cm³/mol. The molecule has 0 saturated heterocycles. The highest BCUT2D eigenvalue weighted by atomic mass is 35.5. The van der Waals surface area contributed by atoms with E-state index in [1.165, 1.54) is 11.3 Å². The highest BCUT2D eigenvalue weighted by Crippen LogP contribution is 2.33. The van der Waals surface area contributed by atoms with Gasteiger partial charge in [0.25, 0.3) is 5.91 Å². The molecule has 0 radical (unpaired) electrons. The highest BCUT2D eigenvalue weighted by Gasteiger charge is 2.14. The number of thiophene rings is 1. The molecule has 1 aromatic heterocycles. The minimum Gasteiger partial charge on any atom is -0.320 e. The van der Waals surface area contributed by atoms with E-state index in [1.54, 1.807) is 24.3 Å². The first-order chi connectivity index (χ1) is 10.0. The lowest BCUT2D eigenvalue weighted by Crippen LogP contribution is -2.11. The number of carbonyl (C=O) groups excluding carboxylic acids is 1. The van der Waals surface area contributed by atoms with Gasteiger partial charge in [0, 0.05) is 0 Å². The number of amides is 1. The van der Waals surface area contributed by atoms with Gasteiger partial charge in [-0.3, -0.25) is 4.79 Å². The molecule has 0 aliphatic carbocycles. The summed E-state index contributed by atoms with van der Waals surface area (Å²) in [6.45, 7) is 2.13. The molecule has 1 aromatic carbocycles. The number of aryl methyl sites for hydroxylation is 1. The number of nitrogens with two attached hydrogens (primary N) is 1. The van der Waals surface area contributed by atoms with Gasteiger partial charge in [-0.15, -0.1) is 11.3 Å². The normalized spacial score (nSPS) is 9.90. The second-order valence-corrected chi connectivity index (χ2v) is 6.05. The van der Waals surface area contributed by atoms with E-state index in [9.17, 15) is 4.79 Å². The number of nitrogens with one attached hydrogen (secondary N) is 1. The van der Waals surface area contributed by atoms with Crippen LogP contribution in [0.25, 0.3) is 0 Å². The SMILES string of the molecule is Cc1ccc(Cl)c(NC(=O)c2ccc(C#CCN)s2)c1Cl. The van der Waals surface area contributed by atoms with Crippen LogP contribution in [0.15, 0.2) is 24.3 Å².